The van der Waals surface area contributed by atoms with Crippen molar-refractivity contribution in [1.29, 1.82) is 0 Å². The molecular formula is C28H53N5O4. The van der Waals surface area contributed by atoms with Crippen LogP contribution in [0.1, 0.15) is 111 Å². The molecule has 1 heterocycles. The number of hydrogen-bond acceptors (Lipinski definition) is 5. The van der Waals surface area contributed by atoms with E-state index in [-0.39, 0.29) is 36.7 Å². The van der Waals surface area contributed by atoms with E-state index in [0.717, 1.165) is 31.6 Å². The van der Waals surface area contributed by atoms with Crippen LogP contribution in [-0.4, -0.2) is 54.8 Å². The number of rotatable bonds is 15. The molecule has 0 spiro atoms. The Kier molecular flexibility index (Phi) is 16.9. The lowest BCUT2D eigenvalue weighted by molar-refractivity contribution is -0.133. The van der Waals surface area contributed by atoms with Gasteiger partial charge in [0.2, 0.25) is 23.6 Å². The Balaban J connectivity index is 2.74. The van der Waals surface area contributed by atoms with E-state index in [2.05, 4.69) is 35.1 Å². The molecule has 0 bridgehead atoms. The number of nitrogens with two attached hydrogens (primary N) is 1. The molecule has 1 rings (SSSR count). The van der Waals surface area contributed by atoms with Gasteiger partial charge in [0.1, 0.15) is 12.1 Å². The van der Waals surface area contributed by atoms with Crippen molar-refractivity contribution >= 4 is 23.6 Å². The summed E-state index contributed by atoms with van der Waals surface area (Å²) >= 11 is 0. The lowest BCUT2D eigenvalue weighted by Gasteiger charge is -2.27. The highest BCUT2D eigenvalue weighted by Gasteiger charge is 2.30. The minimum absolute atomic E-state index is 0.104. The SMILES string of the molecule is CCC(C)CCCCCCCCC1CC(=O)NCC(=O)NC(CCCCN)C(=O)NC(C(C)C)C(=O)N1. The lowest BCUT2D eigenvalue weighted by atomic mass is 9.98. The molecule has 9 nitrogen and oxygen atoms in total. The fourth-order valence-corrected chi connectivity index (χ4v) is 4.58. The molecule has 214 valence electrons. The number of hydrogen-bond donors (Lipinski definition) is 5. The van der Waals surface area contributed by atoms with Crippen molar-refractivity contribution in [1.82, 2.24) is 21.3 Å². The summed E-state index contributed by atoms with van der Waals surface area (Å²) in [5.74, 6) is -0.755. The summed E-state index contributed by atoms with van der Waals surface area (Å²) in [6.45, 7) is 8.57. The Bertz CT molecular complexity index is 700. The van der Waals surface area contributed by atoms with Gasteiger partial charge in [0.05, 0.1) is 6.54 Å². The summed E-state index contributed by atoms with van der Waals surface area (Å²) in [5.41, 5.74) is 5.57. The fourth-order valence-electron chi connectivity index (χ4n) is 4.58. The molecule has 0 aliphatic carbocycles. The minimum Gasteiger partial charge on any atom is -0.351 e. The lowest BCUT2D eigenvalue weighted by Crippen LogP contribution is -2.56. The molecule has 1 aliphatic heterocycles. The number of amides is 4. The maximum absolute atomic E-state index is 13.2. The molecule has 0 radical (unpaired) electrons. The van der Waals surface area contributed by atoms with Crippen LogP contribution in [0.5, 0.6) is 0 Å². The van der Waals surface area contributed by atoms with E-state index in [4.69, 9.17) is 5.73 Å². The van der Waals surface area contributed by atoms with Gasteiger partial charge in [0.15, 0.2) is 0 Å². The van der Waals surface area contributed by atoms with Crippen LogP contribution in [0.15, 0.2) is 0 Å². The number of carbonyl (C=O) groups excluding carboxylic acids is 4. The molecule has 9 heteroatoms. The smallest absolute Gasteiger partial charge is 0.243 e. The molecule has 4 atom stereocenters. The maximum Gasteiger partial charge on any atom is 0.243 e. The van der Waals surface area contributed by atoms with Gasteiger partial charge in [-0.25, -0.2) is 0 Å². The van der Waals surface area contributed by atoms with E-state index in [1.54, 1.807) is 0 Å². The highest BCUT2D eigenvalue weighted by atomic mass is 16.2. The van der Waals surface area contributed by atoms with Gasteiger partial charge in [-0.3, -0.25) is 19.2 Å². The number of nitrogens with one attached hydrogen (secondary N) is 4. The molecule has 0 aromatic rings. The molecule has 1 fully saturated rings. The third-order valence-electron chi connectivity index (χ3n) is 7.27. The van der Waals surface area contributed by atoms with Crippen LogP contribution >= 0.6 is 0 Å². The molecule has 4 amide bonds. The van der Waals surface area contributed by atoms with E-state index < -0.39 is 23.9 Å². The van der Waals surface area contributed by atoms with Crippen molar-refractivity contribution in [3.8, 4) is 0 Å². The third kappa shape index (κ3) is 14.4. The van der Waals surface area contributed by atoms with Crippen LogP contribution in [0.25, 0.3) is 0 Å². The quantitative estimate of drug-likeness (QED) is 0.210. The summed E-state index contributed by atoms with van der Waals surface area (Å²) in [5, 5.41) is 11.2. The monoisotopic (exact) mass is 523 g/mol. The summed E-state index contributed by atoms with van der Waals surface area (Å²) < 4.78 is 0. The first kappa shape index (κ1) is 32.9. The highest BCUT2D eigenvalue weighted by molar-refractivity contribution is 5.94. The molecule has 0 saturated carbocycles. The summed E-state index contributed by atoms with van der Waals surface area (Å²) in [7, 11) is 0. The summed E-state index contributed by atoms with van der Waals surface area (Å²) in [6.07, 6.45) is 11.9. The Labute approximate surface area is 224 Å². The molecule has 0 aromatic carbocycles. The van der Waals surface area contributed by atoms with Gasteiger partial charge in [0, 0.05) is 12.5 Å². The van der Waals surface area contributed by atoms with Gasteiger partial charge in [0.25, 0.3) is 0 Å². The Morgan fingerprint density at radius 2 is 1.43 bits per heavy atom. The first-order chi connectivity index (χ1) is 17.7. The number of unbranched alkanes of at least 4 members (excludes halogenated alkanes) is 6. The normalized spacial score (nSPS) is 22.7. The van der Waals surface area contributed by atoms with E-state index >= 15 is 0 Å². The zero-order valence-electron chi connectivity index (χ0n) is 23.7. The van der Waals surface area contributed by atoms with Crippen LogP contribution in [0.4, 0.5) is 0 Å². The number of carbonyl (C=O) groups is 4. The summed E-state index contributed by atoms with van der Waals surface area (Å²) in [4.78, 5) is 51.2. The van der Waals surface area contributed by atoms with Gasteiger partial charge >= 0.3 is 0 Å². The largest absolute Gasteiger partial charge is 0.351 e. The van der Waals surface area contributed by atoms with Gasteiger partial charge in [-0.05, 0) is 44.1 Å². The second-order valence-electron chi connectivity index (χ2n) is 11.0. The first-order valence-corrected chi connectivity index (χ1v) is 14.5. The van der Waals surface area contributed by atoms with Crippen molar-refractivity contribution in [2.24, 2.45) is 17.6 Å². The predicted octanol–water partition coefficient (Wildman–Crippen LogP) is 2.91. The second-order valence-corrected chi connectivity index (χ2v) is 11.0. The van der Waals surface area contributed by atoms with Crippen LogP contribution in [-0.2, 0) is 19.2 Å². The van der Waals surface area contributed by atoms with Crippen molar-refractivity contribution in [3.05, 3.63) is 0 Å². The molecule has 37 heavy (non-hydrogen) atoms. The molecule has 4 unspecified atom stereocenters. The van der Waals surface area contributed by atoms with Crippen LogP contribution in [0.3, 0.4) is 0 Å². The Morgan fingerprint density at radius 3 is 2.08 bits per heavy atom. The summed E-state index contributed by atoms with van der Waals surface area (Å²) in [6, 6.07) is -1.88. The average molecular weight is 524 g/mol. The van der Waals surface area contributed by atoms with E-state index in [9.17, 15) is 19.2 Å². The van der Waals surface area contributed by atoms with Gasteiger partial charge in [-0.1, -0.05) is 79.1 Å². The zero-order chi connectivity index (χ0) is 27.6. The van der Waals surface area contributed by atoms with E-state index in [1.807, 2.05) is 13.8 Å². The third-order valence-corrected chi connectivity index (χ3v) is 7.27. The second kappa shape index (κ2) is 19.0. The zero-order valence-corrected chi connectivity index (χ0v) is 23.7. The van der Waals surface area contributed by atoms with Gasteiger partial charge < -0.3 is 27.0 Å². The van der Waals surface area contributed by atoms with Crippen molar-refractivity contribution < 1.29 is 19.2 Å². The van der Waals surface area contributed by atoms with E-state index in [1.165, 1.54) is 32.1 Å². The van der Waals surface area contributed by atoms with Gasteiger partial charge in [-0.2, -0.15) is 0 Å². The van der Waals surface area contributed by atoms with Crippen LogP contribution in [0.2, 0.25) is 0 Å². The van der Waals surface area contributed by atoms with Crippen molar-refractivity contribution in [3.63, 3.8) is 0 Å². The van der Waals surface area contributed by atoms with Gasteiger partial charge in [-0.15, -0.1) is 0 Å². The molecule has 1 aliphatic rings. The van der Waals surface area contributed by atoms with Crippen LogP contribution < -0.4 is 27.0 Å². The van der Waals surface area contributed by atoms with Crippen molar-refractivity contribution in [2.45, 2.75) is 129 Å². The molecule has 1 saturated heterocycles. The average Bonchev–Trinajstić information content (AvgIpc) is 2.86. The first-order valence-electron chi connectivity index (χ1n) is 14.5. The minimum atomic E-state index is -0.785. The molecule has 6 N–H and O–H groups in total. The van der Waals surface area contributed by atoms with Crippen molar-refractivity contribution in [2.75, 3.05) is 13.1 Å². The predicted molar refractivity (Wildman–Crippen MR) is 148 cm³/mol. The Morgan fingerprint density at radius 1 is 0.784 bits per heavy atom. The standard InChI is InChI=1S/C28H53N5O4/c1-5-21(4)14-10-8-6-7-9-11-15-22-18-24(34)30-19-25(35)32-23(16-12-13-17-29)27(36)33-26(20(2)3)28(37)31-22/h20-23,26H,5-19,29H2,1-4H3,(H,30,34)(H,31,37)(H,32,35)(H,33,36). The molecule has 0 aromatic heterocycles. The van der Waals surface area contributed by atoms with Crippen LogP contribution in [0, 0.1) is 11.8 Å². The molecular weight excluding hydrogens is 470 g/mol. The fraction of sp³-hybridized carbons (Fsp3) is 0.857. The van der Waals surface area contributed by atoms with E-state index in [0.29, 0.717) is 25.8 Å². The highest BCUT2D eigenvalue weighted by Crippen LogP contribution is 2.16. The Hall–Kier alpha value is -2.16. The maximum atomic E-state index is 13.2. The topological polar surface area (TPSA) is 142 Å².